The highest BCUT2D eigenvalue weighted by Gasteiger charge is 2.40. The summed E-state index contributed by atoms with van der Waals surface area (Å²) in [6.07, 6.45) is 2.24. The van der Waals surface area contributed by atoms with Gasteiger partial charge in [-0.1, -0.05) is 0 Å². The van der Waals surface area contributed by atoms with Gasteiger partial charge in [0.25, 0.3) is 0 Å². The molecule has 2 aliphatic rings. The Balaban J connectivity index is 1.96. The molecule has 2 rings (SSSR count). The quantitative estimate of drug-likeness (QED) is 0.486. The Morgan fingerprint density at radius 3 is 2.12 bits per heavy atom. The van der Waals surface area contributed by atoms with Gasteiger partial charge in [0.1, 0.15) is 0 Å². The van der Waals surface area contributed by atoms with Gasteiger partial charge in [-0.05, 0) is 13.1 Å². The molecule has 8 heavy (non-hydrogen) atoms. The minimum atomic E-state index is 0.116. The molecule has 0 aliphatic carbocycles. The number of nitrogens with one attached hydrogen (secondary N) is 1. The van der Waals surface area contributed by atoms with Gasteiger partial charge in [-0.2, -0.15) is 10.2 Å². The summed E-state index contributed by atoms with van der Waals surface area (Å²) in [5.74, 6) is 0. The Morgan fingerprint density at radius 1 is 1.12 bits per heavy atom. The third kappa shape index (κ3) is 0.545. The van der Waals surface area contributed by atoms with E-state index in [4.69, 9.17) is 0 Å². The van der Waals surface area contributed by atoms with Crippen LogP contribution < -0.4 is 5.32 Å². The van der Waals surface area contributed by atoms with Crippen LogP contribution >= 0.6 is 0 Å². The van der Waals surface area contributed by atoms with Crippen LogP contribution in [0, 0.1) is 0 Å². The number of nitrogens with zero attached hydrogens (tertiary/aromatic N) is 2. The summed E-state index contributed by atoms with van der Waals surface area (Å²) in [5.41, 5.74) is 0.116. The van der Waals surface area contributed by atoms with Crippen molar-refractivity contribution in [1.29, 1.82) is 0 Å². The lowest BCUT2D eigenvalue weighted by atomic mass is 10.0. The minimum Gasteiger partial charge on any atom is -0.316 e. The van der Waals surface area contributed by atoms with Crippen molar-refractivity contribution in [3.8, 4) is 0 Å². The smallest absolute Gasteiger partial charge is 0.193 e. The topological polar surface area (TPSA) is 36.8 Å². The van der Waals surface area contributed by atoms with Gasteiger partial charge in [-0.25, -0.2) is 0 Å². The Bertz CT molecular complexity index is 116. The van der Waals surface area contributed by atoms with Gasteiger partial charge in [0.05, 0.1) is 0 Å². The van der Waals surface area contributed by atoms with Crippen molar-refractivity contribution in [3.63, 3.8) is 0 Å². The molecule has 2 heterocycles. The van der Waals surface area contributed by atoms with E-state index in [2.05, 4.69) is 15.5 Å². The van der Waals surface area contributed by atoms with Crippen LogP contribution in [0.15, 0.2) is 10.2 Å². The second kappa shape index (κ2) is 1.29. The Hall–Kier alpha value is -0.440. The largest absolute Gasteiger partial charge is 0.316 e. The molecule has 0 aromatic rings. The van der Waals surface area contributed by atoms with Crippen LogP contribution in [0.2, 0.25) is 0 Å². The van der Waals surface area contributed by atoms with Crippen molar-refractivity contribution >= 4 is 0 Å². The molecule has 3 heteroatoms. The van der Waals surface area contributed by atoms with Crippen molar-refractivity contribution in [2.45, 2.75) is 18.5 Å². The molecular formula is C5H9N3. The third-order valence-electron chi connectivity index (χ3n) is 1.79. The summed E-state index contributed by atoms with van der Waals surface area (Å²) in [7, 11) is 0. The normalized spacial score (nSPS) is 31.0. The van der Waals surface area contributed by atoms with Crippen LogP contribution in [-0.4, -0.2) is 18.8 Å². The molecule has 0 radical (unpaired) electrons. The van der Waals surface area contributed by atoms with Gasteiger partial charge >= 0.3 is 0 Å². The fraction of sp³-hybridized carbons (Fsp3) is 1.00. The first-order chi connectivity index (χ1) is 3.91. The molecule has 0 atom stereocenters. The molecule has 0 bridgehead atoms. The molecule has 0 aromatic heterocycles. The molecule has 3 nitrogen and oxygen atoms in total. The van der Waals surface area contributed by atoms with Crippen LogP contribution in [0.5, 0.6) is 0 Å². The highest BCUT2D eigenvalue weighted by molar-refractivity contribution is 4.96. The van der Waals surface area contributed by atoms with Gasteiger partial charge in [0.15, 0.2) is 5.66 Å². The molecule has 1 spiro atoms. The van der Waals surface area contributed by atoms with E-state index in [1.165, 1.54) is 0 Å². The zero-order valence-corrected chi connectivity index (χ0v) is 4.72. The predicted octanol–water partition coefficient (Wildman–Crippen LogP) is 0.532. The highest BCUT2D eigenvalue weighted by atomic mass is 15.4. The van der Waals surface area contributed by atoms with E-state index in [0.717, 1.165) is 25.9 Å². The van der Waals surface area contributed by atoms with E-state index in [0.29, 0.717) is 0 Å². The van der Waals surface area contributed by atoms with Gasteiger partial charge in [0.2, 0.25) is 0 Å². The lowest BCUT2D eigenvalue weighted by Gasteiger charge is -2.16. The van der Waals surface area contributed by atoms with Crippen LogP contribution in [0.4, 0.5) is 0 Å². The van der Waals surface area contributed by atoms with Gasteiger partial charge in [-0.15, -0.1) is 0 Å². The minimum absolute atomic E-state index is 0.116. The lowest BCUT2D eigenvalue weighted by molar-refractivity contribution is 0.413. The first-order valence-corrected chi connectivity index (χ1v) is 3.06. The Labute approximate surface area is 48.2 Å². The Morgan fingerprint density at radius 2 is 1.75 bits per heavy atom. The van der Waals surface area contributed by atoms with Crippen molar-refractivity contribution in [1.82, 2.24) is 5.32 Å². The molecule has 1 fully saturated rings. The average molecular weight is 111 g/mol. The zero-order valence-electron chi connectivity index (χ0n) is 4.72. The fourth-order valence-electron chi connectivity index (χ4n) is 1.10. The third-order valence-corrected chi connectivity index (χ3v) is 1.79. The molecule has 1 saturated heterocycles. The van der Waals surface area contributed by atoms with Crippen LogP contribution in [0.3, 0.4) is 0 Å². The summed E-state index contributed by atoms with van der Waals surface area (Å²) >= 11 is 0. The maximum absolute atomic E-state index is 3.98. The lowest BCUT2D eigenvalue weighted by Crippen LogP contribution is -2.32. The fourth-order valence-corrected chi connectivity index (χ4v) is 1.10. The second-order valence-corrected chi connectivity index (χ2v) is 2.43. The summed E-state index contributed by atoms with van der Waals surface area (Å²) in [4.78, 5) is 0. The number of hydrogen-bond acceptors (Lipinski definition) is 3. The van der Waals surface area contributed by atoms with Crippen LogP contribution in [0.25, 0.3) is 0 Å². The van der Waals surface area contributed by atoms with Crippen molar-refractivity contribution in [2.75, 3.05) is 13.1 Å². The van der Waals surface area contributed by atoms with Crippen molar-refractivity contribution in [2.24, 2.45) is 10.2 Å². The van der Waals surface area contributed by atoms with Crippen LogP contribution in [0.1, 0.15) is 12.8 Å². The Kier molecular flexibility index (Phi) is 0.713. The molecule has 0 amide bonds. The number of hydrogen-bond donors (Lipinski definition) is 1. The maximum Gasteiger partial charge on any atom is 0.193 e. The monoisotopic (exact) mass is 111 g/mol. The van der Waals surface area contributed by atoms with E-state index < -0.39 is 0 Å². The van der Waals surface area contributed by atoms with Crippen molar-refractivity contribution < 1.29 is 0 Å². The molecular weight excluding hydrogens is 102 g/mol. The summed E-state index contributed by atoms with van der Waals surface area (Å²) in [6.45, 7) is 2.18. The molecule has 0 aromatic carbocycles. The van der Waals surface area contributed by atoms with Gasteiger partial charge < -0.3 is 5.32 Å². The zero-order chi connectivity index (χ0) is 5.45. The van der Waals surface area contributed by atoms with Crippen molar-refractivity contribution in [3.05, 3.63) is 0 Å². The average Bonchev–Trinajstić information content (AvgIpc) is 2.52. The molecule has 1 N–H and O–H groups in total. The van der Waals surface area contributed by atoms with E-state index >= 15 is 0 Å². The molecule has 44 valence electrons. The molecule has 0 unspecified atom stereocenters. The maximum atomic E-state index is 3.98. The summed E-state index contributed by atoms with van der Waals surface area (Å²) < 4.78 is 0. The van der Waals surface area contributed by atoms with Gasteiger partial charge in [0, 0.05) is 12.8 Å². The predicted molar refractivity (Wildman–Crippen MR) is 29.7 cm³/mol. The second-order valence-electron chi connectivity index (χ2n) is 2.43. The first kappa shape index (κ1) is 4.44. The number of piperidine rings is 1. The summed E-state index contributed by atoms with van der Waals surface area (Å²) in [6, 6.07) is 0. The van der Waals surface area contributed by atoms with E-state index in [1.54, 1.807) is 0 Å². The van der Waals surface area contributed by atoms with E-state index in [-0.39, 0.29) is 5.66 Å². The number of rotatable bonds is 0. The first-order valence-electron chi connectivity index (χ1n) is 3.06. The summed E-state index contributed by atoms with van der Waals surface area (Å²) in [5, 5.41) is 11.2. The highest BCUT2D eigenvalue weighted by Crippen LogP contribution is 2.36. The molecule has 0 saturated carbocycles. The molecule has 2 aliphatic heterocycles. The SMILES string of the molecule is C1CC2(CCN1)N=N2. The van der Waals surface area contributed by atoms with Crippen LogP contribution in [-0.2, 0) is 0 Å². The van der Waals surface area contributed by atoms with E-state index in [1.807, 2.05) is 0 Å². The standard InChI is InChI=1S/C5H9N3/c1-3-6-4-2-5(1)7-8-5/h6H,1-4H2. The van der Waals surface area contributed by atoms with Gasteiger partial charge in [-0.3, -0.25) is 0 Å². The van der Waals surface area contributed by atoms with E-state index in [9.17, 15) is 0 Å².